The second kappa shape index (κ2) is 6.30. The summed E-state index contributed by atoms with van der Waals surface area (Å²) in [5, 5.41) is 0. The Hall–Kier alpha value is -0.490. The monoisotopic (exact) mass is 238 g/mol. The van der Waals surface area contributed by atoms with Crippen LogP contribution in [0.2, 0.25) is 0 Å². The molecule has 1 rings (SSSR count). The third kappa shape index (κ3) is 2.43. The van der Waals surface area contributed by atoms with E-state index in [1.807, 2.05) is 0 Å². The van der Waals surface area contributed by atoms with Gasteiger partial charge in [-0.1, -0.05) is 63.9 Å². The first-order valence-corrected chi connectivity index (χ1v) is 6.90. The molecule has 0 aromatic heterocycles. The Morgan fingerprint density at radius 3 is 2.00 bits per heavy atom. The summed E-state index contributed by atoms with van der Waals surface area (Å²) in [6, 6.07) is 10.8. The molecule has 0 spiro atoms. The summed E-state index contributed by atoms with van der Waals surface area (Å²) < 4.78 is 0. The Morgan fingerprint density at radius 1 is 1.06 bits per heavy atom. The number of rotatable bonds is 6. The molecule has 0 heterocycles. The van der Waals surface area contributed by atoms with Crippen molar-refractivity contribution in [1.82, 2.24) is 0 Å². The Kier molecular flexibility index (Phi) is 5.34. The molecule has 0 N–H and O–H groups in total. The Bertz CT molecular complexity index is 284. The molecular formula is C15H23Cl. The molecule has 1 aromatic carbocycles. The van der Waals surface area contributed by atoms with E-state index in [4.69, 9.17) is 11.6 Å². The van der Waals surface area contributed by atoms with E-state index in [9.17, 15) is 0 Å². The third-order valence-electron chi connectivity index (χ3n) is 3.99. The lowest BCUT2D eigenvalue weighted by atomic mass is 9.68. The van der Waals surface area contributed by atoms with E-state index < -0.39 is 0 Å². The first-order valence-electron chi connectivity index (χ1n) is 6.36. The lowest BCUT2D eigenvalue weighted by molar-refractivity contribution is 0.269. The standard InChI is InChI=1S/C15H23Cl/c1-4-13(5-2)15(6-3,12-16)14-10-8-7-9-11-14/h7-11,13H,4-6,12H2,1-3H3. The van der Waals surface area contributed by atoms with E-state index in [2.05, 4.69) is 51.1 Å². The Morgan fingerprint density at radius 2 is 1.62 bits per heavy atom. The van der Waals surface area contributed by atoms with Gasteiger partial charge in [0.25, 0.3) is 0 Å². The SMILES string of the molecule is CCC(CC)C(CC)(CCl)c1ccccc1. The molecule has 0 aliphatic rings. The lowest BCUT2D eigenvalue weighted by Gasteiger charge is -2.39. The van der Waals surface area contributed by atoms with Crippen LogP contribution in [-0.4, -0.2) is 5.88 Å². The van der Waals surface area contributed by atoms with Gasteiger partial charge >= 0.3 is 0 Å². The summed E-state index contributed by atoms with van der Waals surface area (Å²) in [7, 11) is 0. The minimum atomic E-state index is 0.159. The minimum Gasteiger partial charge on any atom is -0.126 e. The topological polar surface area (TPSA) is 0 Å². The van der Waals surface area contributed by atoms with E-state index in [1.54, 1.807) is 0 Å². The molecule has 0 aliphatic heterocycles. The maximum absolute atomic E-state index is 6.31. The normalized spacial score (nSPS) is 15.1. The fourth-order valence-corrected chi connectivity index (χ4v) is 3.41. The number of halogens is 1. The number of alkyl halides is 1. The van der Waals surface area contributed by atoms with Crippen LogP contribution in [-0.2, 0) is 5.41 Å². The van der Waals surface area contributed by atoms with Crippen molar-refractivity contribution in [1.29, 1.82) is 0 Å². The lowest BCUT2D eigenvalue weighted by Crippen LogP contribution is -2.36. The van der Waals surface area contributed by atoms with Crippen molar-refractivity contribution < 1.29 is 0 Å². The van der Waals surface area contributed by atoms with Gasteiger partial charge < -0.3 is 0 Å². The summed E-state index contributed by atoms with van der Waals surface area (Å²) in [6.07, 6.45) is 3.52. The highest BCUT2D eigenvalue weighted by atomic mass is 35.5. The highest BCUT2D eigenvalue weighted by Crippen LogP contribution is 2.40. The highest BCUT2D eigenvalue weighted by Gasteiger charge is 2.35. The summed E-state index contributed by atoms with van der Waals surface area (Å²) >= 11 is 6.31. The fourth-order valence-electron chi connectivity index (χ4n) is 2.85. The molecule has 0 saturated heterocycles. The van der Waals surface area contributed by atoms with E-state index in [1.165, 1.54) is 18.4 Å². The van der Waals surface area contributed by atoms with Crippen LogP contribution in [0.3, 0.4) is 0 Å². The van der Waals surface area contributed by atoms with Gasteiger partial charge in [0.1, 0.15) is 0 Å². The molecule has 1 heteroatoms. The zero-order valence-corrected chi connectivity index (χ0v) is 11.4. The first kappa shape index (κ1) is 13.6. The van der Waals surface area contributed by atoms with Gasteiger partial charge in [-0.05, 0) is 17.9 Å². The van der Waals surface area contributed by atoms with Gasteiger partial charge in [0.15, 0.2) is 0 Å². The smallest absolute Gasteiger partial charge is 0.0323 e. The van der Waals surface area contributed by atoms with Crippen molar-refractivity contribution in [2.75, 3.05) is 5.88 Å². The quantitative estimate of drug-likeness (QED) is 0.612. The van der Waals surface area contributed by atoms with E-state index >= 15 is 0 Å². The van der Waals surface area contributed by atoms with Gasteiger partial charge in [-0.2, -0.15) is 0 Å². The van der Waals surface area contributed by atoms with E-state index in [0.29, 0.717) is 5.92 Å². The van der Waals surface area contributed by atoms with E-state index in [-0.39, 0.29) is 5.41 Å². The van der Waals surface area contributed by atoms with Crippen LogP contribution < -0.4 is 0 Å². The zero-order valence-electron chi connectivity index (χ0n) is 10.7. The molecule has 0 radical (unpaired) electrons. The van der Waals surface area contributed by atoms with Crippen LogP contribution in [0.5, 0.6) is 0 Å². The molecule has 16 heavy (non-hydrogen) atoms. The molecule has 0 fully saturated rings. The van der Waals surface area contributed by atoms with Crippen LogP contribution in [0, 0.1) is 5.92 Å². The van der Waals surface area contributed by atoms with Crippen molar-refractivity contribution in [2.24, 2.45) is 5.92 Å². The van der Waals surface area contributed by atoms with Crippen molar-refractivity contribution in [3.8, 4) is 0 Å². The summed E-state index contributed by atoms with van der Waals surface area (Å²) in [6.45, 7) is 6.80. The maximum Gasteiger partial charge on any atom is 0.0323 e. The number of benzene rings is 1. The van der Waals surface area contributed by atoms with Gasteiger partial charge in [0.2, 0.25) is 0 Å². The largest absolute Gasteiger partial charge is 0.126 e. The van der Waals surface area contributed by atoms with Gasteiger partial charge in [0.05, 0.1) is 0 Å². The molecule has 0 bridgehead atoms. The molecular weight excluding hydrogens is 216 g/mol. The maximum atomic E-state index is 6.31. The second-order valence-electron chi connectivity index (χ2n) is 4.52. The second-order valence-corrected chi connectivity index (χ2v) is 4.79. The summed E-state index contributed by atoms with van der Waals surface area (Å²) in [5.74, 6) is 1.40. The van der Waals surface area contributed by atoms with Crippen LogP contribution in [0.15, 0.2) is 30.3 Å². The predicted octanol–water partition coefficient (Wildman–Crippen LogP) is 5.01. The Balaban J connectivity index is 3.14. The minimum absolute atomic E-state index is 0.159. The average molecular weight is 239 g/mol. The predicted molar refractivity (Wildman–Crippen MR) is 73.2 cm³/mol. The molecule has 0 saturated carbocycles. The van der Waals surface area contributed by atoms with Crippen molar-refractivity contribution in [3.63, 3.8) is 0 Å². The van der Waals surface area contributed by atoms with Crippen molar-refractivity contribution >= 4 is 11.6 Å². The van der Waals surface area contributed by atoms with Crippen molar-refractivity contribution in [2.45, 2.75) is 45.4 Å². The molecule has 90 valence electrons. The molecule has 0 nitrogen and oxygen atoms in total. The average Bonchev–Trinajstić information content (AvgIpc) is 2.37. The molecule has 0 amide bonds. The molecule has 1 aromatic rings. The van der Waals surface area contributed by atoms with Crippen LogP contribution in [0.25, 0.3) is 0 Å². The molecule has 0 aliphatic carbocycles. The van der Waals surface area contributed by atoms with E-state index in [0.717, 1.165) is 12.3 Å². The van der Waals surface area contributed by atoms with Crippen LogP contribution in [0.4, 0.5) is 0 Å². The van der Waals surface area contributed by atoms with Gasteiger partial charge in [-0.3, -0.25) is 0 Å². The van der Waals surface area contributed by atoms with Crippen molar-refractivity contribution in [3.05, 3.63) is 35.9 Å². The number of hydrogen-bond donors (Lipinski definition) is 0. The van der Waals surface area contributed by atoms with Gasteiger partial charge in [0, 0.05) is 11.3 Å². The fraction of sp³-hybridized carbons (Fsp3) is 0.600. The highest BCUT2D eigenvalue weighted by molar-refractivity contribution is 6.18. The third-order valence-corrected chi connectivity index (χ3v) is 4.46. The van der Waals surface area contributed by atoms with Crippen LogP contribution >= 0.6 is 11.6 Å². The molecule has 1 atom stereocenters. The van der Waals surface area contributed by atoms with Gasteiger partial charge in [-0.15, -0.1) is 11.6 Å². The molecule has 1 unspecified atom stereocenters. The van der Waals surface area contributed by atoms with Crippen LogP contribution in [0.1, 0.15) is 45.6 Å². The zero-order chi connectivity index (χ0) is 12.0. The Labute approximate surface area is 105 Å². The summed E-state index contributed by atoms with van der Waals surface area (Å²) in [4.78, 5) is 0. The first-order chi connectivity index (χ1) is 7.75. The summed E-state index contributed by atoms with van der Waals surface area (Å²) in [5.41, 5.74) is 1.56. The number of hydrogen-bond acceptors (Lipinski definition) is 0. The van der Waals surface area contributed by atoms with Gasteiger partial charge in [-0.25, -0.2) is 0 Å².